The van der Waals surface area contributed by atoms with Crippen molar-refractivity contribution in [1.82, 2.24) is 24.5 Å². The predicted octanol–water partition coefficient (Wildman–Crippen LogP) is 2.19. The molecule has 4 aromatic rings. The van der Waals surface area contributed by atoms with Gasteiger partial charge in [-0.3, -0.25) is 9.78 Å². The molecule has 3 aromatic heterocycles. The molecule has 29 heavy (non-hydrogen) atoms. The van der Waals surface area contributed by atoms with Crippen LogP contribution in [-0.4, -0.2) is 39.2 Å². The zero-order valence-corrected chi connectivity index (χ0v) is 16.5. The Balaban J connectivity index is 1.85. The monoisotopic (exact) mass is 407 g/mol. The molecule has 0 aliphatic heterocycles. The van der Waals surface area contributed by atoms with Gasteiger partial charge in [0, 0.05) is 30.4 Å². The molecule has 3 heterocycles. The molecule has 0 unspecified atom stereocenters. The van der Waals surface area contributed by atoms with Crippen molar-refractivity contribution in [3.63, 3.8) is 0 Å². The fourth-order valence-corrected chi connectivity index (χ4v) is 3.60. The molecule has 0 atom stereocenters. The van der Waals surface area contributed by atoms with Crippen LogP contribution in [0, 0.1) is 6.92 Å². The van der Waals surface area contributed by atoms with E-state index in [0.29, 0.717) is 11.4 Å². The van der Waals surface area contributed by atoms with Crippen molar-refractivity contribution >= 4 is 9.84 Å². The first-order valence-electron chi connectivity index (χ1n) is 8.71. The van der Waals surface area contributed by atoms with Gasteiger partial charge in [0.1, 0.15) is 0 Å². The van der Waals surface area contributed by atoms with Crippen LogP contribution in [0.1, 0.15) is 5.69 Å². The zero-order chi connectivity index (χ0) is 20.6. The summed E-state index contributed by atoms with van der Waals surface area (Å²) in [4.78, 5) is 16.9. The van der Waals surface area contributed by atoms with E-state index >= 15 is 0 Å². The Labute approximate surface area is 167 Å². The van der Waals surface area contributed by atoms with E-state index in [-0.39, 0.29) is 16.0 Å². The smallest absolute Gasteiger partial charge is 0.209 e. The second-order valence-electron chi connectivity index (χ2n) is 6.53. The molecule has 0 saturated heterocycles. The van der Waals surface area contributed by atoms with E-state index in [1.165, 1.54) is 29.1 Å². The van der Waals surface area contributed by atoms with Gasteiger partial charge >= 0.3 is 0 Å². The van der Waals surface area contributed by atoms with Crippen molar-refractivity contribution in [2.75, 3.05) is 6.26 Å². The Hall–Kier alpha value is -3.59. The van der Waals surface area contributed by atoms with E-state index in [4.69, 9.17) is 0 Å². The number of nitrogens with zero attached hydrogens (tertiary/aromatic N) is 5. The molecule has 0 amide bonds. The van der Waals surface area contributed by atoms with Crippen LogP contribution in [0.15, 0.2) is 76.8 Å². The van der Waals surface area contributed by atoms with E-state index in [1.807, 2.05) is 13.0 Å². The van der Waals surface area contributed by atoms with Gasteiger partial charge in [-0.1, -0.05) is 6.07 Å². The molecule has 9 heteroatoms. The van der Waals surface area contributed by atoms with Gasteiger partial charge < -0.3 is 0 Å². The Morgan fingerprint density at radius 1 is 0.966 bits per heavy atom. The van der Waals surface area contributed by atoms with Crippen LogP contribution in [0.2, 0.25) is 0 Å². The topological polar surface area (TPSA) is 99.7 Å². The number of benzene rings is 1. The van der Waals surface area contributed by atoms with Crippen LogP contribution in [0.3, 0.4) is 0 Å². The third-order valence-corrected chi connectivity index (χ3v) is 5.44. The van der Waals surface area contributed by atoms with Crippen LogP contribution in [-0.2, 0) is 9.84 Å². The normalized spacial score (nSPS) is 11.5. The lowest BCUT2D eigenvalue weighted by molar-refractivity contribution is 0.601. The fourth-order valence-electron chi connectivity index (χ4n) is 2.94. The molecule has 0 spiro atoms. The number of aromatic nitrogens is 5. The Bertz CT molecular complexity index is 1370. The average Bonchev–Trinajstić information content (AvgIpc) is 3.17. The molecule has 0 saturated carbocycles. The number of aryl methyl sites for hydroxylation is 1. The van der Waals surface area contributed by atoms with Crippen LogP contribution >= 0.6 is 0 Å². The lowest BCUT2D eigenvalue weighted by Crippen LogP contribution is -2.15. The van der Waals surface area contributed by atoms with Gasteiger partial charge in [-0.05, 0) is 43.3 Å². The van der Waals surface area contributed by atoms with Gasteiger partial charge in [0.15, 0.2) is 15.5 Å². The maximum absolute atomic E-state index is 12.6. The Morgan fingerprint density at radius 3 is 2.55 bits per heavy atom. The van der Waals surface area contributed by atoms with E-state index in [0.717, 1.165) is 17.6 Å². The highest BCUT2D eigenvalue weighted by molar-refractivity contribution is 7.90. The minimum atomic E-state index is -3.36. The van der Waals surface area contributed by atoms with Crippen molar-refractivity contribution in [2.24, 2.45) is 0 Å². The highest BCUT2D eigenvalue weighted by atomic mass is 32.2. The average molecular weight is 407 g/mol. The lowest BCUT2D eigenvalue weighted by atomic mass is 10.2. The molecular formula is C20H17N5O3S. The van der Waals surface area contributed by atoms with Gasteiger partial charge in [0.25, 0.3) is 0 Å². The van der Waals surface area contributed by atoms with Gasteiger partial charge in [-0.25, -0.2) is 17.8 Å². The second kappa shape index (κ2) is 7.10. The number of hydrogen-bond donors (Lipinski definition) is 0. The van der Waals surface area contributed by atoms with Gasteiger partial charge in [0.2, 0.25) is 5.43 Å². The number of rotatable bonds is 4. The number of sulfone groups is 1. The summed E-state index contributed by atoms with van der Waals surface area (Å²) in [6.45, 7) is 1.87. The molecule has 0 N–H and O–H groups in total. The summed E-state index contributed by atoms with van der Waals surface area (Å²) >= 11 is 0. The highest BCUT2D eigenvalue weighted by Crippen LogP contribution is 2.19. The summed E-state index contributed by atoms with van der Waals surface area (Å²) in [5.41, 5.74) is 2.56. The Kier molecular flexibility index (Phi) is 4.59. The molecule has 0 radical (unpaired) electrons. The van der Waals surface area contributed by atoms with Crippen molar-refractivity contribution < 1.29 is 8.42 Å². The quantitative estimate of drug-likeness (QED) is 0.514. The second-order valence-corrected chi connectivity index (χ2v) is 8.54. The lowest BCUT2D eigenvalue weighted by Gasteiger charge is -2.10. The van der Waals surface area contributed by atoms with Crippen molar-refractivity contribution in [3.05, 3.63) is 83.0 Å². The standard InChI is InChI=1S/C20H17N5O3S/c1-14-12-16(6-9-21-14)25-18(7-10-22-25)20-19(26)8-11-24(23-20)15-4-3-5-17(13-15)29(2,27)28/h3-13H,1-2H3. The first-order chi connectivity index (χ1) is 13.8. The third-order valence-electron chi connectivity index (χ3n) is 4.33. The Morgan fingerprint density at radius 2 is 1.79 bits per heavy atom. The fraction of sp³-hybridized carbons (Fsp3) is 0.100. The first kappa shape index (κ1) is 18.8. The molecule has 0 fully saturated rings. The van der Waals surface area contributed by atoms with Crippen LogP contribution in [0.25, 0.3) is 22.8 Å². The molecular weight excluding hydrogens is 390 g/mol. The zero-order valence-electron chi connectivity index (χ0n) is 15.7. The molecule has 1 aromatic carbocycles. The summed E-state index contributed by atoms with van der Waals surface area (Å²) in [6.07, 6.45) is 5.91. The van der Waals surface area contributed by atoms with E-state index < -0.39 is 9.84 Å². The summed E-state index contributed by atoms with van der Waals surface area (Å²) in [5.74, 6) is 0. The highest BCUT2D eigenvalue weighted by Gasteiger charge is 2.15. The van der Waals surface area contributed by atoms with Crippen molar-refractivity contribution in [1.29, 1.82) is 0 Å². The van der Waals surface area contributed by atoms with Gasteiger partial charge in [-0.15, -0.1) is 0 Å². The summed E-state index contributed by atoms with van der Waals surface area (Å²) in [7, 11) is -3.36. The first-order valence-corrected chi connectivity index (χ1v) is 10.6. The van der Waals surface area contributed by atoms with Gasteiger partial charge in [-0.2, -0.15) is 10.2 Å². The molecule has 0 aliphatic carbocycles. The largest absolute Gasteiger partial charge is 0.287 e. The van der Waals surface area contributed by atoms with E-state index in [2.05, 4.69) is 15.2 Å². The minimum absolute atomic E-state index is 0.175. The maximum atomic E-state index is 12.6. The molecule has 8 nitrogen and oxygen atoms in total. The summed E-state index contributed by atoms with van der Waals surface area (Å²) < 4.78 is 26.8. The minimum Gasteiger partial charge on any atom is -0.287 e. The van der Waals surface area contributed by atoms with Crippen LogP contribution in [0.5, 0.6) is 0 Å². The van der Waals surface area contributed by atoms with E-state index in [9.17, 15) is 13.2 Å². The van der Waals surface area contributed by atoms with Crippen LogP contribution < -0.4 is 5.43 Å². The number of hydrogen-bond acceptors (Lipinski definition) is 6. The third kappa shape index (κ3) is 3.72. The molecule has 0 bridgehead atoms. The van der Waals surface area contributed by atoms with Crippen LogP contribution in [0.4, 0.5) is 0 Å². The summed E-state index contributed by atoms with van der Waals surface area (Å²) in [6, 6.07) is 13.1. The van der Waals surface area contributed by atoms with Crippen molar-refractivity contribution in [3.8, 4) is 22.8 Å². The predicted molar refractivity (Wildman–Crippen MR) is 108 cm³/mol. The van der Waals surface area contributed by atoms with Crippen molar-refractivity contribution in [2.45, 2.75) is 11.8 Å². The van der Waals surface area contributed by atoms with Gasteiger partial charge in [0.05, 0.1) is 28.2 Å². The molecule has 4 rings (SSSR count). The molecule has 0 aliphatic rings. The SMILES string of the molecule is Cc1cc(-n2nccc2-c2nn(-c3cccc(S(C)(=O)=O)c3)ccc2=O)ccn1. The maximum Gasteiger partial charge on any atom is 0.209 e. The number of pyridine rings is 1. The molecule has 146 valence electrons. The summed E-state index contributed by atoms with van der Waals surface area (Å²) in [5, 5.41) is 8.76. The van der Waals surface area contributed by atoms with E-state index in [1.54, 1.807) is 41.3 Å².